The van der Waals surface area contributed by atoms with Crippen LogP contribution < -0.4 is 10.1 Å². The second-order valence-electron chi connectivity index (χ2n) is 6.44. The first-order valence-electron chi connectivity index (χ1n) is 9.43. The third kappa shape index (κ3) is 7.56. The molecular weight excluding hydrogens is 457 g/mol. The van der Waals surface area contributed by atoms with Crippen LogP contribution in [0.1, 0.15) is 31.7 Å². The average Bonchev–Trinajstić information content (AvgIpc) is 2.68. The summed E-state index contributed by atoms with van der Waals surface area (Å²) in [5.41, 5.74) is 1.27. The number of hydrogen-bond donors (Lipinski definition) is 1. The van der Waals surface area contributed by atoms with Crippen LogP contribution in [0, 0.1) is 5.92 Å². The maximum atomic E-state index is 11.8. The van der Waals surface area contributed by atoms with Gasteiger partial charge in [-0.1, -0.05) is 12.1 Å². The number of methoxy groups -OCH3 is 1. The summed E-state index contributed by atoms with van der Waals surface area (Å²) in [6.07, 6.45) is 3.66. The van der Waals surface area contributed by atoms with Gasteiger partial charge in [-0.2, -0.15) is 0 Å². The Labute approximate surface area is 179 Å². The molecule has 0 unspecified atom stereocenters. The maximum absolute atomic E-state index is 11.8. The number of esters is 1. The van der Waals surface area contributed by atoms with Crippen LogP contribution in [-0.4, -0.2) is 57.2 Å². The molecule has 1 fully saturated rings. The van der Waals surface area contributed by atoms with Gasteiger partial charge in [-0.3, -0.25) is 9.79 Å². The average molecular weight is 489 g/mol. The van der Waals surface area contributed by atoms with E-state index in [0.717, 1.165) is 57.0 Å². The molecule has 0 spiro atoms. The molecule has 1 heterocycles. The van der Waals surface area contributed by atoms with Gasteiger partial charge in [-0.15, -0.1) is 24.0 Å². The molecule has 27 heavy (non-hydrogen) atoms. The van der Waals surface area contributed by atoms with Crippen molar-refractivity contribution in [1.29, 1.82) is 0 Å². The van der Waals surface area contributed by atoms with E-state index < -0.39 is 0 Å². The van der Waals surface area contributed by atoms with E-state index in [1.54, 1.807) is 7.11 Å². The number of piperidine rings is 1. The number of rotatable bonds is 7. The minimum Gasteiger partial charge on any atom is -0.497 e. The number of carbonyl (C=O) groups excluding carboxylic acids is 1. The Morgan fingerprint density at radius 1 is 1.33 bits per heavy atom. The molecule has 0 aliphatic carbocycles. The third-order valence-electron chi connectivity index (χ3n) is 4.69. The minimum absolute atomic E-state index is 0. The largest absolute Gasteiger partial charge is 0.497 e. The van der Waals surface area contributed by atoms with Crippen LogP contribution in [0.3, 0.4) is 0 Å². The van der Waals surface area contributed by atoms with Crippen molar-refractivity contribution in [2.75, 3.05) is 40.4 Å². The summed E-state index contributed by atoms with van der Waals surface area (Å²) in [4.78, 5) is 18.4. The lowest BCUT2D eigenvalue weighted by molar-refractivity contribution is -0.149. The number of ether oxygens (including phenoxy) is 2. The summed E-state index contributed by atoms with van der Waals surface area (Å²) in [7, 11) is 3.50. The molecule has 0 amide bonds. The molecule has 0 saturated carbocycles. The lowest BCUT2D eigenvalue weighted by atomic mass is 9.97. The number of nitrogens with one attached hydrogen (secondary N) is 1. The number of aryl methyl sites for hydroxylation is 1. The molecule has 1 saturated heterocycles. The number of hydrogen-bond acceptors (Lipinski definition) is 4. The highest BCUT2D eigenvalue weighted by atomic mass is 127. The molecule has 7 heteroatoms. The molecule has 1 aromatic carbocycles. The normalized spacial score (nSPS) is 15.1. The first kappa shape index (κ1) is 23.5. The Bertz CT molecular complexity index is 602. The number of nitrogens with zero attached hydrogens (tertiary/aromatic N) is 2. The van der Waals surface area contributed by atoms with Crippen LogP contribution in [0.5, 0.6) is 5.75 Å². The van der Waals surface area contributed by atoms with Gasteiger partial charge in [-0.05, 0) is 50.3 Å². The number of benzene rings is 1. The zero-order valence-electron chi connectivity index (χ0n) is 16.6. The van der Waals surface area contributed by atoms with Crippen LogP contribution in [0.2, 0.25) is 0 Å². The van der Waals surface area contributed by atoms with Crippen molar-refractivity contribution in [3.8, 4) is 5.75 Å². The third-order valence-corrected chi connectivity index (χ3v) is 4.69. The molecule has 0 bridgehead atoms. The van der Waals surface area contributed by atoms with Crippen molar-refractivity contribution in [2.45, 2.75) is 32.6 Å². The van der Waals surface area contributed by atoms with Crippen LogP contribution in [0.4, 0.5) is 0 Å². The van der Waals surface area contributed by atoms with E-state index in [1.807, 2.05) is 26.1 Å². The van der Waals surface area contributed by atoms with Gasteiger partial charge in [0.05, 0.1) is 19.6 Å². The van der Waals surface area contributed by atoms with Gasteiger partial charge < -0.3 is 19.7 Å². The fraction of sp³-hybridized carbons (Fsp3) is 0.600. The van der Waals surface area contributed by atoms with Crippen LogP contribution in [0.25, 0.3) is 0 Å². The Hall–Kier alpha value is -1.51. The van der Waals surface area contributed by atoms with Crippen molar-refractivity contribution in [1.82, 2.24) is 10.2 Å². The van der Waals surface area contributed by atoms with Crippen molar-refractivity contribution >= 4 is 35.9 Å². The smallest absolute Gasteiger partial charge is 0.309 e. The lowest BCUT2D eigenvalue weighted by Gasteiger charge is -2.33. The van der Waals surface area contributed by atoms with Gasteiger partial charge in [0.2, 0.25) is 0 Å². The Morgan fingerprint density at radius 2 is 2.07 bits per heavy atom. The Kier molecular flexibility index (Phi) is 11.2. The summed E-state index contributed by atoms with van der Waals surface area (Å²) in [6.45, 7) is 4.83. The number of halogens is 1. The topological polar surface area (TPSA) is 63.2 Å². The van der Waals surface area contributed by atoms with Crippen molar-refractivity contribution in [3.63, 3.8) is 0 Å². The zero-order chi connectivity index (χ0) is 18.8. The van der Waals surface area contributed by atoms with Crippen LogP contribution in [-0.2, 0) is 16.0 Å². The lowest BCUT2D eigenvalue weighted by Crippen LogP contribution is -2.47. The maximum Gasteiger partial charge on any atom is 0.309 e. The molecule has 1 N–H and O–H groups in total. The molecule has 2 rings (SSSR count). The summed E-state index contributed by atoms with van der Waals surface area (Å²) >= 11 is 0. The van der Waals surface area contributed by atoms with Gasteiger partial charge in [0, 0.05) is 26.7 Å². The number of carbonyl (C=O) groups is 1. The molecule has 6 nitrogen and oxygen atoms in total. The number of likely N-dealkylation sites (tertiary alicyclic amines) is 1. The highest BCUT2D eigenvalue weighted by Crippen LogP contribution is 2.19. The number of guanidine groups is 1. The van der Waals surface area contributed by atoms with Gasteiger partial charge in [-0.25, -0.2) is 0 Å². The van der Waals surface area contributed by atoms with E-state index in [-0.39, 0.29) is 35.9 Å². The fourth-order valence-electron chi connectivity index (χ4n) is 3.24. The van der Waals surface area contributed by atoms with Gasteiger partial charge >= 0.3 is 5.97 Å². The minimum atomic E-state index is -0.0617. The monoisotopic (exact) mass is 489 g/mol. The second-order valence-corrected chi connectivity index (χ2v) is 6.44. The van der Waals surface area contributed by atoms with E-state index in [0.29, 0.717) is 6.61 Å². The fourth-order valence-corrected chi connectivity index (χ4v) is 3.24. The summed E-state index contributed by atoms with van der Waals surface area (Å²) < 4.78 is 10.4. The first-order valence-corrected chi connectivity index (χ1v) is 9.43. The predicted octanol–water partition coefficient (Wildman–Crippen LogP) is 3.10. The van der Waals surface area contributed by atoms with Crippen molar-refractivity contribution < 1.29 is 14.3 Å². The highest BCUT2D eigenvalue weighted by molar-refractivity contribution is 14.0. The molecule has 1 aliphatic heterocycles. The van der Waals surface area contributed by atoms with Crippen LogP contribution >= 0.6 is 24.0 Å². The highest BCUT2D eigenvalue weighted by Gasteiger charge is 2.27. The molecular formula is C20H32IN3O3. The van der Waals surface area contributed by atoms with Crippen molar-refractivity contribution in [2.24, 2.45) is 10.9 Å². The summed E-state index contributed by atoms with van der Waals surface area (Å²) in [6, 6.07) is 8.18. The standard InChI is InChI=1S/C20H31N3O3.HI/c1-4-26-19(24)17-10-13-23(14-11-17)20(21-2)22-12-6-8-16-7-5-9-18(15-16)25-3;/h5,7,9,15,17H,4,6,8,10-14H2,1-3H3,(H,21,22);1H. The zero-order valence-corrected chi connectivity index (χ0v) is 18.9. The van der Waals surface area contributed by atoms with E-state index in [2.05, 4.69) is 27.3 Å². The van der Waals surface area contributed by atoms with Gasteiger partial charge in [0.25, 0.3) is 0 Å². The molecule has 1 aromatic rings. The molecule has 0 atom stereocenters. The Balaban J connectivity index is 0.00000364. The molecule has 1 aliphatic rings. The van der Waals surface area contributed by atoms with Crippen LogP contribution in [0.15, 0.2) is 29.3 Å². The van der Waals surface area contributed by atoms with E-state index in [9.17, 15) is 4.79 Å². The molecule has 0 radical (unpaired) electrons. The van der Waals surface area contributed by atoms with E-state index >= 15 is 0 Å². The summed E-state index contributed by atoms with van der Waals surface area (Å²) in [5.74, 6) is 1.78. The molecule has 152 valence electrons. The van der Waals surface area contributed by atoms with E-state index in [4.69, 9.17) is 9.47 Å². The van der Waals surface area contributed by atoms with Crippen molar-refractivity contribution in [3.05, 3.63) is 29.8 Å². The second kappa shape index (κ2) is 12.8. The first-order chi connectivity index (χ1) is 12.7. The number of aliphatic imine (C=N–C) groups is 1. The van der Waals surface area contributed by atoms with Gasteiger partial charge in [0.1, 0.15) is 5.75 Å². The molecule has 0 aromatic heterocycles. The SMILES string of the molecule is CCOC(=O)C1CCN(C(=NC)NCCCc2cccc(OC)c2)CC1.I. The quantitative estimate of drug-likeness (QED) is 0.210. The van der Waals surface area contributed by atoms with Gasteiger partial charge in [0.15, 0.2) is 5.96 Å². The van der Waals surface area contributed by atoms with E-state index in [1.165, 1.54) is 5.56 Å². The Morgan fingerprint density at radius 3 is 2.70 bits per heavy atom. The summed E-state index contributed by atoms with van der Waals surface area (Å²) in [5, 5.41) is 3.44. The predicted molar refractivity (Wildman–Crippen MR) is 119 cm³/mol.